The number of alkyl halides is 6. The maximum absolute atomic E-state index is 12.5. The topological polar surface area (TPSA) is 60.5 Å². The van der Waals surface area contributed by atoms with Crippen LogP contribution in [0.2, 0.25) is 0 Å². The minimum Gasteiger partial charge on any atom is -0.484 e. The van der Waals surface area contributed by atoms with Crippen LogP contribution in [0.15, 0.2) is 42.6 Å². The molecule has 0 saturated carbocycles. The molecule has 0 fully saturated rings. The number of hydrogen-bond acceptors (Lipinski definition) is 4. The Hall–Kier alpha value is -2.98. The van der Waals surface area contributed by atoms with Crippen molar-refractivity contribution in [2.45, 2.75) is 25.3 Å². The van der Waals surface area contributed by atoms with E-state index in [1.165, 1.54) is 18.3 Å². The van der Waals surface area contributed by atoms with Crippen molar-refractivity contribution in [3.05, 3.63) is 53.7 Å². The van der Waals surface area contributed by atoms with Gasteiger partial charge in [-0.2, -0.15) is 26.3 Å². The largest absolute Gasteiger partial charge is 0.484 e. The van der Waals surface area contributed by atoms with Crippen molar-refractivity contribution in [1.29, 1.82) is 0 Å². The maximum Gasteiger partial charge on any atom is 0.422 e. The van der Waals surface area contributed by atoms with Crippen LogP contribution in [0.1, 0.15) is 24.1 Å². The third kappa shape index (κ3) is 7.51. The van der Waals surface area contributed by atoms with Gasteiger partial charge in [-0.1, -0.05) is 6.07 Å². The van der Waals surface area contributed by atoms with Crippen LogP contribution in [0.25, 0.3) is 0 Å². The molecule has 5 nitrogen and oxygen atoms in total. The number of aromatic nitrogens is 1. The fraction of sp³-hybridized carbons (Fsp3) is 0.333. The smallest absolute Gasteiger partial charge is 0.422 e. The van der Waals surface area contributed by atoms with E-state index in [-0.39, 0.29) is 11.6 Å². The van der Waals surface area contributed by atoms with Gasteiger partial charge in [-0.05, 0) is 36.8 Å². The molecule has 2 rings (SSSR count). The van der Waals surface area contributed by atoms with Crippen LogP contribution < -0.4 is 14.8 Å². The van der Waals surface area contributed by atoms with E-state index >= 15 is 0 Å². The van der Waals surface area contributed by atoms with Gasteiger partial charge in [0.1, 0.15) is 5.75 Å². The van der Waals surface area contributed by atoms with Crippen molar-refractivity contribution in [2.75, 3.05) is 13.2 Å². The van der Waals surface area contributed by atoms with Crippen LogP contribution in [0, 0.1) is 0 Å². The molecular formula is C18H16F6N2O3. The SMILES string of the molecule is C[C@@H](NC(=O)COc1ccc(C(F)(F)F)cc1)c1ccc(OCC(F)(F)F)nc1. The molecule has 0 bridgehead atoms. The quantitative estimate of drug-likeness (QED) is 0.676. The number of pyridine rings is 1. The van der Waals surface area contributed by atoms with Crippen molar-refractivity contribution in [2.24, 2.45) is 0 Å². The summed E-state index contributed by atoms with van der Waals surface area (Å²) in [5.74, 6) is -0.668. The van der Waals surface area contributed by atoms with E-state index in [0.29, 0.717) is 5.56 Å². The predicted octanol–water partition coefficient (Wildman–Crippen LogP) is 4.30. The molecule has 0 spiro atoms. The fourth-order valence-corrected chi connectivity index (χ4v) is 2.14. The van der Waals surface area contributed by atoms with Crippen molar-refractivity contribution < 1.29 is 40.6 Å². The fourth-order valence-electron chi connectivity index (χ4n) is 2.14. The third-order valence-corrected chi connectivity index (χ3v) is 3.57. The van der Waals surface area contributed by atoms with Gasteiger partial charge in [0, 0.05) is 12.3 Å². The molecule has 1 amide bonds. The lowest BCUT2D eigenvalue weighted by Gasteiger charge is -2.15. The minimum atomic E-state index is -4.48. The highest BCUT2D eigenvalue weighted by atomic mass is 19.4. The molecule has 1 aromatic carbocycles. The standard InChI is InChI=1S/C18H16F6N2O3/c1-11(12-2-7-16(25-8-12)29-10-17(19,20)21)26-15(27)9-28-14-5-3-13(4-6-14)18(22,23)24/h2-8,11H,9-10H2,1H3,(H,26,27)/t11-/m1/s1. The Bertz CT molecular complexity index is 804. The number of benzene rings is 1. The average molecular weight is 422 g/mol. The summed E-state index contributed by atoms with van der Waals surface area (Å²) >= 11 is 0. The Labute approximate surface area is 161 Å². The van der Waals surface area contributed by atoms with Gasteiger partial charge < -0.3 is 14.8 Å². The number of rotatable bonds is 7. The zero-order chi connectivity index (χ0) is 21.7. The molecular weight excluding hydrogens is 406 g/mol. The molecule has 2 aromatic rings. The van der Waals surface area contributed by atoms with Crippen LogP contribution >= 0.6 is 0 Å². The first-order chi connectivity index (χ1) is 13.4. The Balaban J connectivity index is 1.82. The van der Waals surface area contributed by atoms with Gasteiger partial charge in [-0.15, -0.1) is 0 Å². The maximum atomic E-state index is 12.5. The summed E-state index contributed by atoms with van der Waals surface area (Å²) in [5, 5.41) is 2.57. The molecule has 0 saturated heterocycles. The Morgan fingerprint density at radius 3 is 2.21 bits per heavy atom. The molecule has 0 unspecified atom stereocenters. The normalized spacial score (nSPS) is 12.9. The van der Waals surface area contributed by atoms with Gasteiger partial charge in [0.15, 0.2) is 13.2 Å². The summed E-state index contributed by atoms with van der Waals surface area (Å²) in [7, 11) is 0. The number of nitrogens with zero attached hydrogens (tertiary/aromatic N) is 1. The Kier molecular flexibility index (Phi) is 6.93. The van der Waals surface area contributed by atoms with E-state index in [1.54, 1.807) is 6.92 Å². The molecule has 0 aliphatic carbocycles. The number of carbonyl (C=O) groups is 1. The molecule has 1 heterocycles. The van der Waals surface area contributed by atoms with Crippen LogP contribution in [-0.2, 0) is 11.0 Å². The molecule has 158 valence electrons. The molecule has 11 heteroatoms. The summed E-state index contributed by atoms with van der Waals surface area (Å²) in [6, 6.07) is 6.02. The molecule has 1 aromatic heterocycles. The Morgan fingerprint density at radius 1 is 1.03 bits per heavy atom. The van der Waals surface area contributed by atoms with Crippen LogP contribution in [0.4, 0.5) is 26.3 Å². The van der Waals surface area contributed by atoms with Gasteiger partial charge in [-0.25, -0.2) is 4.98 Å². The zero-order valence-electron chi connectivity index (χ0n) is 15.0. The van der Waals surface area contributed by atoms with Crippen LogP contribution in [-0.4, -0.2) is 30.3 Å². The van der Waals surface area contributed by atoms with Gasteiger partial charge >= 0.3 is 12.4 Å². The lowest BCUT2D eigenvalue weighted by atomic mass is 10.1. The van der Waals surface area contributed by atoms with E-state index in [9.17, 15) is 31.1 Å². The molecule has 0 aliphatic heterocycles. The molecule has 0 aliphatic rings. The number of carbonyl (C=O) groups excluding carboxylic acids is 1. The first kappa shape index (κ1) is 22.3. The van der Waals surface area contributed by atoms with Crippen molar-refractivity contribution in [3.8, 4) is 11.6 Å². The predicted molar refractivity (Wildman–Crippen MR) is 89.3 cm³/mol. The second-order valence-electron chi connectivity index (χ2n) is 5.93. The highest BCUT2D eigenvalue weighted by Crippen LogP contribution is 2.30. The average Bonchev–Trinajstić information content (AvgIpc) is 2.64. The number of amides is 1. The number of nitrogens with one attached hydrogen (secondary N) is 1. The van der Waals surface area contributed by atoms with Crippen LogP contribution in [0.5, 0.6) is 11.6 Å². The monoisotopic (exact) mass is 422 g/mol. The third-order valence-electron chi connectivity index (χ3n) is 3.57. The number of ether oxygens (including phenoxy) is 2. The highest BCUT2D eigenvalue weighted by molar-refractivity contribution is 5.78. The van der Waals surface area contributed by atoms with E-state index in [2.05, 4.69) is 15.0 Å². The first-order valence-electron chi connectivity index (χ1n) is 8.19. The number of hydrogen-bond donors (Lipinski definition) is 1. The number of halogens is 6. The molecule has 0 radical (unpaired) electrons. The van der Waals surface area contributed by atoms with Crippen molar-refractivity contribution >= 4 is 5.91 Å². The van der Waals surface area contributed by atoms with Crippen molar-refractivity contribution in [1.82, 2.24) is 10.3 Å². The summed E-state index contributed by atoms with van der Waals surface area (Å²) < 4.78 is 83.4. The van der Waals surface area contributed by atoms with Gasteiger partial charge in [0.2, 0.25) is 5.88 Å². The van der Waals surface area contributed by atoms with Crippen molar-refractivity contribution in [3.63, 3.8) is 0 Å². The summed E-state index contributed by atoms with van der Waals surface area (Å²) in [5.41, 5.74) is -0.328. The summed E-state index contributed by atoms with van der Waals surface area (Å²) in [6.07, 6.45) is -7.69. The van der Waals surface area contributed by atoms with Gasteiger partial charge in [0.05, 0.1) is 11.6 Å². The van der Waals surface area contributed by atoms with Gasteiger partial charge in [0.25, 0.3) is 5.91 Å². The second kappa shape index (κ2) is 9.01. The van der Waals surface area contributed by atoms with E-state index in [4.69, 9.17) is 4.74 Å². The summed E-state index contributed by atoms with van der Waals surface area (Å²) in [4.78, 5) is 15.7. The Morgan fingerprint density at radius 2 is 1.69 bits per heavy atom. The lowest BCUT2D eigenvalue weighted by Crippen LogP contribution is -2.31. The van der Waals surface area contributed by atoms with E-state index < -0.39 is 43.1 Å². The molecule has 1 N–H and O–H groups in total. The molecule has 1 atom stereocenters. The van der Waals surface area contributed by atoms with Gasteiger partial charge in [-0.3, -0.25) is 4.79 Å². The lowest BCUT2D eigenvalue weighted by molar-refractivity contribution is -0.154. The van der Waals surface area contributed by atoms with E-state index in [0.717, 1.165) is 24.3 Å². The molecule has 29 heavy (non-hydrogen) atoms. The summed E-state index contributed by atoms with van der Waals surface area (Å²) in [6.45, 7) is -0.286. The zero-order valence-corrected chi connectivity index (χ0v) is 15.0. The second-order valence-corrected chi connectivity index (χ2v) is 5.93. The van der Waals surface area contributed by atoms with Crippen LogP contribution in [0.3, 0.4) is 0 Å². The minimum absolute atomic E-state index is 0.0913. The highest BCUT2D eigenvalue weighted by Gasteiger charge is 2.30. The first-order valence-corrected chi connectivity index (χ1v) is 8.19. The van der Waals surface area contributed by atoms with E-state index in [1.807, 2.05) is 0 Å².